The second kappa shape index (κ2) is 9.06. The van der Waals surface area contributed by atoms with Crippen LogP contribution in [0.4, 0.5) is 0 Å². The molecule has 2 fully saturated rings. The molecule has 0 aromatic heterocycles. The van der Waals surface area contributed by atoms with Crippen LogP contribution in [-0.4, -0.2) is 38.1 Å². The topological polar surface area (TPSA) is 94.6 Å². The van der Waals surface area contributed by atoms with Crippen LogP contribution < -0.4 is 0 Å². The molecule has 29 heavy (non-hydrogen) atoms. The Balaban J connectivity index is 1.95. The van der Waals surface area contributed by atoms with E-state index < -0.39 is 33.1 Å². The van der Waals surface area contributed by atoms with E-state index in [1.807, 2.05) is 0 Å². The predicted molar refractivity (Wildman–Crippen MR) is 108 cm³/mol. The fourth-order valence-electron chi connectivity index (χ4n) is 4.06. The molecule has 158 valence electrons. The number of sulfone groups is 1. The molecule has 2 saturated carbocycles. The fraction of sp³-hybridized carbons (Fsp3) is 0.571. The third-order valence-corrected chi connectivity index (χ3v) is 7.25. The largest absolute Gasteiger partial charge is 0.373 e. The molecular formula is C21H25ClO6S. The second-order valence-electron chi connectivity index (χ2n) is 7.83. The van der Waals surface area contributed by atoms with Crippen molar-refractivity contribution >= 4 is 38.8 Å². The molecule has 3 rings (SSSR count). The lowest BCUT2D eigenvalue weighted by molar-refractivity contribution is -0.133. The summed E-state index contributed by atoms with van der Waals surface area (Å²) < 4.78 is 30.4. The maximum absolute atomic E-state index is 12.9. The van der Waals surface area contributed by atoms with E-state index in [1.54, 1.807) is 0 Å². The van der Waals surface area contributed by atoms with Crippen LogP contribution in [0.5, 0.6) is 0 Å². The van der Waals surface area contributed by atoms with E-state index in [9.17, 15) is 22.8 Å². The normalized spacial score (nSPS) is 19.5. The Bertz CT molecular complexity index is 915. The molecule has 0 heterocycles. The Hall–Kier alpha value is -1.57. The maximum Gasteiger partial charge on any atom is 0.182 e. The van der Waals surface area contributed by atoms with Gasteiger partial charge in [-0.2, -0.15) is 0 Å². The number of carbonyl (C=O) groups is 3. The summed E-state index contributed by atoms with van der Waals surface area (Å²) in [6.07, 6.45) is 6.96. The van der Waals surface area contributed by atoms with E-state index in [4.69, 9.17) is 16.3 Å². The number of hydrogen-bond acceptors (Lipinski definition) is 6. The highest BCUT2D eigenvalue weighted by Gasteiger charge is 2.38. The first-order chi connectivity index (χ1) is 13.7. The molecule has 0 saturated heterocycles. The zero-order valence-electron chi connectivity index (χ0n) is 16.4. The Morgan fingerprint density at radius 1 is 1.07 bits per heavy atom. The van der Waals surface area contributed by atoms with Gasteiger partial charge in [-0.15, -0.1) is 0 Å². The SMILES string of the molecule is CS(=O)(=O)c1ccc(C(=O)C2C(=O)CCCC2=O)c(Cl)c1COC1CCCCC1. The first-order valence-corrected chi connectivity index (χ1v) is 12.2. The second-order valence-corrected chi connectivity index (χ2v) is 10.2. The standard InChI is InChI=1S/C21H25ClO6S/c1-29(26,27)18-11-10-14(21(25)19-16(23)8-5-9-17(19)24)20(22)15(18)12-28-13-6-3-2-4-7-13/h10-11,13,19H,2-9,12H2,1H3. The number of rotatable bonds is 6. The van der Waals surface area contributed by atoms with Crippen LogP contribution in [0.15, 0.2) is 17.0 Å². The number of benzene rings is 1. The molecular weight excluding hydrogens is 416 g/mol. The molecule has 0 atom stereocenters. The predicted octanol–water partition coefficient (Wildman–Crippen LogP) is 3.71. The van der Waals surface area contributed by atoms with Gasteiger partial charge in [0.05, 0.1) is 22.6 Å². The van der Waals surface area contributed by atoms with Crippen molar-refractivity contribution in [2.24, 2.45) is 5.92 Å². The van der Waals surface area contributed by atoms with E-state index in [0.29, 0.717) is 6.42 Å². The first-order valence-electron chi connectivity index (χ1n) is 9.93. The van der Waals surface area contributed by atoms with Crippen LogP contribution in [0.2, 0.25) is 5.02 Å². The first kappa shape index (κ1) is 22.1. The Kier molecular flexibility index (Phi) is 6.91. The van der Waals surface area contributed by atoms with Gasteiger partial charge in [0, 0.05) is 30.2 Å². The highest BCUT2D eigenvalue weighted by Crippen LogP contribution is 2.33. The summed E-state index contributed by atoms with van der Waals surface area (Å²) in [5.41, 5.74) is 0.205. The van der Waals surface area contributed by atoms with Crippen molar-refractivity contribution in [3.05, 3.63) is 28.3 Å². The molecule has 1 aromatic rings. The van der Waals surface area contributed by atoms with Gasteiger partial charge in [0.25, 0.3) is 0 Å². The zero-order valence-corrected chi connectivity index (χ0v) is 18.0. The number of carbonyl (C=O) groups excluding carboxylic acids is 3. The van der Waals surface area contributed by atoms with Crippen LogP contribution in [0.3, 0.4) is 0 Å². The highest BCUT2D eigenvalue weighted by atomic mass is 35.5. The number of ketones is 3. The van der Waals surface area contributed by atoms with Crippen molar-refractivity contribution in [2.45, 2.75) is 69.0 Å². The molecule has 8 heteroatoms. The van der Waals surface area contributed by atoms with Crippen molar-refractivity contribution in [1.82, 2.24) is 0 Å². The Labute approximate surface area is 175 Å². The molecule has 6 nitrogen and oxygen atoms in total. The van der Waals surface area contributed by atoms with Crippen LogP contribution in [0.25, 0.3) is 0 Å². The lowest BCUT2D eigenvalue weighted by atomic mass is 9.81. The quantitative estimate of drug-likeness (QED) is 0.494. The molecule has 2 aliphatic carbocycles. The Morgan fingerprint density at radius 2 is 1.69 bits per heavy atom. The molecule has 0 unspecified atom stereocenters. The lowest BCUT2D eigenvalue weighted by Gasteiger charge is -2.24. The minimum absolute atomic E-state index is 0.00356. The molecule has 2 aliphatic rings. The van der Waals surface area contributed by atoms with Crippen molar-refractivity contribution in [3.63, 3.8) is 0 Å². The minimum atomic E-state index is -3.61. The van der Waals surface area contributed by atoms with Crippen LogP contribution >= 0.6 is 11.6 Å². The van der Waals surface area contributed by atoms with Gasteiger partial charge in [0.15, 0.2) is 27.2 Å². The van der Waals surface area contributed by atoms with E-state index in [2.05, 4.69) is 0 Å². The van der Waals surface area contributed by atoms with Gasteiger partial charge in [-0.05, 0) is 31.4 Å². The summed E-state index contributed by atoms with van der Waals surface area (Å²) in [7, 11) is -3.61. The lowest BCUT2D eigenvalue weighted by Crippen LogP contribution is -2.35. The van der Waals surface area contributed by atoms with Crippen LogP contribution in [-0.2, 0) is 30.8 Å². The van der Waals surface area contributed by atoms with E-state index in [-0.39, 0.29) is 46.6 Å². The number of halogens is 1. The van der Waals surface area contributed by atoms with E-state index >= 15 is 0 Å². The molecule has 0 bridgehead atoms. The van der Waals surface area contributed by atoms with Gasteiger partial charge in [0.2, 0.25) is 0 Å². The van der Waals surface area contributed by atoms with Gasteiger partial charge in [0.1, 0.15) is 5.92 Å². The summed E-state index contributed by atoms with van der Waals surface area (Å²) in [5.74, 6) is -2.83. The summed E-state index contributed by atoms with van der Waals surface area (Å²) >= 11 is 6.46. The van der Waals surface area contributed by atoms with Crippen molar-refractivity contribution < 1.29 is 27.5 Å². The average molecular weight is 441 g/mol. The number of hydrogen-bond donors (Lipinski definition) is 0. The van der Waals surface area contributed by atoms with Gasteiger partial charge < -0.3 is 4.74 Å². The highest BCUT2D eigenvalue weighted by molar-refractivity contribution is 7.90. The number of Topliss-reactive ketones (excluding diaryl/α,β-unsaturated/α-hetero) is 3. The summed E-state index contributed by atoms with van der Waals surface area (Å²) in [5, 5.41) is -0.0556. The molecule has 0 N–H and O–H groups in total. The van der Waals surface area contributed by atoms with Crippen LogP contribution in [0, 0.1) is 5.92 Å². The van der Waals surface area contributed by atoms with E-state index in [0.717, 1.165) is 38.4 Å². The average Bonchev–Trinajstić information content (AvgIpc) is 2.66. The van der Waals surface area contributed by atoms with Crippen molar-refractivity contribution in [2.75, 3.05) is 6.26 Å². The van der Waals surface area contributed by atoms with Gasteiger partial charge in [-0.3, -0.25) is 14.4 Å². The summed E-state index contributed by atoms with van der Waals surface area (Å²) in [6, 6.07) is 2.60. The van der Waals surface area contributed by atoms with E-state index in [1.165, 1.54) is 12.1 Å². The smallest absolute Gasteiger partial charge is 0.182 e. The summed E-state index contributed by atoms with van der Waals surface area (Å²) in [6.45, 7) is -0.0421. The molecule has 0 radical (unpaired) electrons. The fourth-order valence-corrected chi connectivity index (χ4v) is 5.35. The minimum Gasteiger partial charge on any atom is -0.373 e. The van der Waals surface area contributed by atoms with Crippen molar-refractivity contribution in [3.8, 4) is 0 Å². The van der Waals surface area contributed by atoms with Crippen LogP contribution in [0.1, 0.15) is 67.3 Å². The third-order valence-electron chi connectivity index (χ3n) is 5.63. The summed E-state index contributed by atoms with van der Waals surface area (Å²) in [4.78, 5) is 37.3. The molecule has 0 amide bonds. The zero-order chi connectivity index (χ0) is 21.2. The molecule has 0 aliphatic heterocycles. The monoisotopic (exact) mass is 440 g/mol. The Morgan fingerprint density at radius 3 is 2.28 bits per heavy atom. The van der Waals surface area contributed by atoms with Gasteiger partial charge >= 0.3 is 0 Å². The molecule has 1 aromatic carbocycles. The third kappa shape index (κ3) is 4.95. The maximum atomic E-state index is 12.9. The van der Waals surface area contributed by atoms with Gasteiger partial charge in [-0.1, -0.05) is 30.9 Å². The number of ether oxygens (including phenoxy) is 1. The molecule has 0 spiro atoms. The van der Waals surface area contributed by atoms with Gasteiger partial charge in [-0.25, -0.2) is 8.42 Å². The van der Waals surface area contributed by atoms with Crippen molar-refractivity contribution in [1.29, 1.82) is 0 Å².